The van der Waals surface area contributed by atoms with Crippen molar-refractivity contribution in [3.05, 3.63) is 29.2 Å². The molecule has 0 spiro atoms. The Balaban J connectivity index is 0.00000176. The second kappa shape index (κ2) is 6.86. The van der Waals surface area contributed by atoms with Crippen molar-refractivity contribution in [2.75, 3.05) is 13.2 Å². The van der Waals surface area contributed by atoms with Crippen LogP contribution >= 0.6 is 12.4 Å². The number of hydrogen-bond acceptors (Lipinski definition) is 3. The van der Waals surface area contributed by atoms with Gasteiger partial charge in [-0.15, -0.1) is 12.4 Å². The zero-order valence-electron chi connectivity index (χ0n) is 12.6. The Morgan fingerprint density at radius 2 is 2.23 bits per heavy atom. The first kappa shape index (κ1) is 17.1. The lowest BCUT2D eigenvalue weighted by Gasteiger charge is -2.09. The molecule has 3 rings (SSSR count). The van der Waals surface area contributed by atoms with Crippen LogP contribution in [0.2, 0.25) is 0 Å². The van der Waals surface area contributed by atoms with Crippen molar-refractivity contribution in [2.45, 2.75) is 38.8 Å². The molecule has 2 heterocycles. The predicted molar refractivity (Wildman–Crippen MR) is 87.4 cm³/mol. The number of aryl methyl sites for hydroxylation is 1. The lowest BCUT2D eigenvalue weighted by molar-refractivity contribution is 0.196. The van der Waals surface area contributed by atoms with Crippen LogP contribution in [0, 0.1) is 5.82 Å². The number of aliphatic hydroxyl groups is 1. The van der Waals surface area contributed by atoms with Crippen LogP contribution in [0.5, 0.6) is 5.75 Å². The van der Waals surface area contributed by atoms with Gasteiger partial charge in [0.2, 0.25) is 0 Å². The van der Waals surface area contributed by atoms with Gasteiger partial charge < -0.3 is 20.1 Å². The smallest absolute Gasteiger partial charge is 0.167 e. The molecule has 4 nitrogen and oxygen atoms in total. The molecule has 6 heteroatoms. The van der Waals surface area contributed by atoms with Gasteiger partial charge in [0.25, 0.3) is 0 Å². The minimum absolute atomic E-state index is 0. The van der Waals surface area contributed by atoms with Gasteiger partial charge in [-0.2, -0.15) is 0 Å². The monoisotopic (exact) mass is 328 g/mol. The van der Waals surface area contributed by atoms with Crippen molar-refractivity contribution >= 4 is 23.3 Å². The number of nitrogens with two attached hydrogens (primary N) is 1. The number of benzene rings is 1. The summed E-state index contributed by atoms with van der Waals surface area (Å²) >= 11 is 0. The van der Waals surface area contributed by atoms with Crippen LogP contribution in [-0.2, 0) is 19.4 Å². The van der Waals surface area contributed by atoms with Crippen molar-refractivity contribution in [3.63, 3.8) is 0 Å². The highest BCUT2D eigenvalue weighted by Gasteiger charge is 2.23. The number of ether oxygens (including phenoxy) is 1. The third kappa shape index (κ3) is 2.93. The highest BCUT2D eigenvalue weighted by Crippen LogP contribution is 2.35. The van der Waals surface area contributed by atoms with E-state index in [1.165, 1.54) is 11.3 Å². The molecule has 0 saturated heterocycles. The number of aromatic nitrogens is 1. The van der Waals surface area contributed by atoms with Crippen LogP contribution in [0.25, 0.3) is 10.9 Å². The normalized spacial score (nSPS) is 14.7. The van der Waals surface area contributed by atoms with E-state index in [1.807, 2.05) is 6.92 Å². The predicted octanol–water partition coefficient (Wildman–Crippen LogP) is 2.41. The van der Waals surface area contributed by atoms with E-state index in [4.69, 9.17) is 15.6 Å². The molecule has 1 aliphatic heterocycles. The third-order valence-electron chi connectivity index (χ3n) is 4.01. The third-order valence-corrected chi connectivity index (χ3v) is 4.01. The molecule has 0 fully saturated rings. The van der Waals surface area contributed by atoms with Gasteiger partial charge in [0.1, 0.15) is 6.61 Å². The molecule has 0 radical (unpaired) electrons. The zero-order valence-corrected chi connectivity index (χ0v) is 13.5. The molecule has 1 atom stereocenters. The second-order valence-electron chi connectivity index (χ2n) is 5.73. The SMILES string of the molecule is CC(N)Cc1c2n(c3cc(F)c(OCCO)cc13)CCC2.Cl. The van der Waals surface area contributed by atoms with Crippen molar-refractivity contribution in [1.82, 2.24) is 4.57 Å². The Morgan fingerprint density at radius 3 is 2.91 bits per heavy atom. The highest BCUT2D eigenvalue weighted by atomic mass is 35.5. The first-order valence-corrected chi connectivity index (χ1v) is 7.44. The van der Waals surface area contributed by atoms with Crippen LogP contribution < -0.4 is 10.5 Å². The summed E-state index contributed by atoms with van der Waals surface area (Å²) in [7, 11) is 0. The van der Waals surface area contributed by atoms with Gasteiger partial charge in [0, 0.05) is 29.7 Å². The van der Waals surface area contributed by atoms with Crippen LogP contribution in [0.4, 0.5) is 4.39 Å². The Hall–Kier alpha value is -1.30. The van der Waals surface area contributed by atoms with Crippen LogP contribution in [-0.4, -0.2) is 28.9 Å². The lowest BCUT2D eigenvalue weighted by Crippen LogP contribution is -2.18. The Morgan fingerprint density at radius 1 is 1.45 bits per heavy atom. The van der Waals surface area contributed by atoms with Crippen LogP contribution in [0.1, 0.15) is 24.6 Å². The molecule has 1 aromatic heterocycles. The maximum absolute atomic E-state index is 14.1. The minimum atomic E-state index is -0.379. The molecule has 0 bridgehead atoms. The number of rotatable bonds is 5. The Labute approximate surface area is 135 Å². The molecule has 3 N–H and O–H groups in total. The van der Waals surface area contributed by atoms with Gasteiger partial charge >= 0.3 is 0 Å². The number of halogens is 2. The first-order chi connectivity index (χ1) is 10.1. The summed E-state index contributed by atoms with van der Waals surface area (Å²) in [5.74, 6) is -0.178. The summed E-state index contributed by atoms with van der Waals surface area (Å²) < 4.78 is 21.6. The Kier molecular flexibility index (Phi) is 5.32. The highest BCUT2D eigenvalue weighted by molar-refractivity contribution is 5.87. The summed E-state index contributed by atoms with van der Waals surface area (Å²) in [6, 6.07) is 3.36. The van der Waals surface area contributed by atoms with Crippen molar-refractivity contribution in [1.29, 1.82) is 0 Å². The van der Waals surface area contributed by atoms with E-state index in [0.717, 1.165) is 36.7 Å². The minimum Gasteiger partial charge on any atom is -0.488 e. The molecule has 0 saturated carbocycles. The molecule has 1 unspecified atom stereocenters. The van der Waals surface area contributed by atoms with E-state index in [2.05, 4.69) is 4.57 Å². The van der Waals surface area contributed by atoms with Gasteiger partial charge in [0.15, 0.2) is 11.6 Å². The van der Waals surface area contributed by atoms with Gasteiger partial charge in [-0.05, 0) is 37.8 Å². The van der Waals surface area contributed by atoms with Crippen molar-refractivity contribution in [2.24, 2.45) is 5.73 Å². The van der Waals surface area contributed by atoms with E-state index >= 15 is 0 Å². The average Bonchev–Trinajstić information content (AvgIpc) is 3.00. The molecule has 1 aromatic carbocycles. The molecule has 2 aromatic rings. The summed E-state index contributed by atoms with van der Waals surface area (Å²) in [4.78, 5) is 0. The fourth-order valence-corrected chi connectivity index (χ4v) is 3.23. The van der Waals surface area contributed by atoms with Crippen molar-refractivity contribution < 1.29 is 14.2 Å². The van der Waals surface area contributed by atoms with Crippen molar-refractivity contribution in [3.8, 4) is 5.75 Å². The van der Waals surface area contributed by atoms with E-state index in [-0.39, 0.29) is 43.2 Å². The van der Waals surface area contributed by atoms with Gasteiger partial charge in [-0.1, -0.05) is 0 Å². The van der Waals surface area contributed by atoms with Crippen LogP contribution in [0.3, 0.4) is 0 Å². The summed E-state index contributed by atoms with van der Waals surface area (Å²) in [6.07, 6.45) is 2.90. The quantitative estimate of drug-likeness (QED) is 0.886. The molecular weight excluding hydrogens is 307 g/mol. The lowest BCUT2D eigenvalue weighted by atomic mass is 10.0. The molecule has 0 amide bonds. The average molecular weight is 329 g/mol. The molecular formula is C16H22ClFN2O2. The van der Waals surface area contributed by atoms with E-state index < -0.39 is 0 Å². The number of fused-ring (bicyclic) bond motifs is 3. The van der Waals surface area contributed by atoms with Gasteiger partial charge in [-0.25, -0.2) is 4.39 Å². The fraction of sp³-hybridized carbons (Fsp3) is 0.500. The van der Waals surface area contributed by atoms with E-state index in [1.54, 1.807) is 12.1 Å². The maximum atomic E-state index is 14.1. The van der Waals surface area contributed by atoms with E-state index in [0.29, 0.717) is 0 Å². The molecule has 0 aliphatic carbocycles. The Bertz CT molecular complexity index is 670. The fourth-order valence-electron chi connectivity index (χ4n) is 3.23. The molecule has 122 valence electrons. The topological polar surface area (TPSA) is 60.4 Å². The number of hydrogen-bond donors (Lipinski definition) is 2. The summed E-state index contributed by atoms with van der Waals surface area (Å²) in [5, 5.41) is 9.86. The number of nitrogens with zero attached hydrogens (tertiary/aromatic N) is 1. The standard InChI is InChI=1S/C16H21FN2O2.ClH/c1-10(18)7-11-12-8-16(21-6-5-20)13(17)9-15(12)19-4-2-3-14(11)19;/h8-10,20H,2-7,18H2,1H3;1H. The van der Waals surface area contributed by atoms with Crippen LogP contribution in [0.15, 0.2) is 12.1 Å². The zero-order chi connectivity index (χ0) is 15.0. The summed E-state index contributed by atoms with van der Waals surface area (Å²) in [6.45, 7) is 2.88. The molecule has 1 aliphatic rings. The van der Waals surface area contributed by atoms with Gasteiger partial charge in [0.05, 0.1) is 12.1 Å². The molecule has 22 heavy (non-hydrogen) atoms. The first-order valence-electron chi connectivity index (χ1n) is 7.44. The van der Waals surface area contributed by atoms with E-state index in [9.17, 15) is 4.39 Å². The maximum Gasteiger partial charge on any atom is 0.167 e. The second-order valence-corrected chi connectivity index (χ2v) is 5.73. The summed E-state index contributed by atoms with van der Waals surface area (Å²) in [5.41, 5.74) is 9.39. The number of aliphatic hydroxyl groups excluding tert-OH is 1. The largest absolute Gasteiger partial charge is 0.488 e. The van der Waals surface area contributed by atoms with Gasteiger partial charge in [-0.3, -0.25) is 0 Å².